The maximum atomic E-state index is 12.6. The predicted octanol–water partition coefficient (Wildman–Crippen LogP) is 4.29. The van der Waals surface area contributed by atoms with Gasteiger partial charge in [-0.05, 0) is 67.7 Å². The smallest absolute Gasteiger partial charge is 0.410 e. The quantitative estimate of drug-likeness (QED) is 0.541. The predicted molar refractivity (Wildman–Crippen MR) is 139 cm³/mol. The summed E-state index contributed by atoms with van der Waals surface area (Å²) < 4.78 is 34.0. The van der Waals surface area contributed by atoms with Gasteiger partial charge in [0.05, 0.1) is 24.6 Å². The van der Waals surface area contributed by atoms with E-state index >= 15 is 0 Å². The molecule has 194 valence electrons. The van der Waals surface area contributed by atoms with Gasteiger partial charge >= 0.3 is 6.09 Å². The van der Waals surface area contributed by atoms with Gasteiger partial charge in [0.15, 0.2) is 0 Å². The van der Waals surface area contributed by atoms with E-state index in [0.717, 1.165) is 34.2 Å². The maximum Gasteiger partial charge on any atom is 0.410 e. The van der Waals surface area contributed by atoms with Gasteiger partial charge in [-0.15, -0.1) is 0 Å². The molecular formula is C26H32ClN3O5S. The number of pyridine rings is 1. The van der Waals surface area contributed by atoms with Crippen LogP contribution in [-0.2, 0) is 25.5 Å². The van der Waals surface area contributed by atoms with Crippen LogP contribution in [0.25, 0.3) is 6.08 Å². The summed E-state index contributed by atoms with van der Waals surface area (Å²) in [5.74, 6) is 0. The summed E-state index contributed by atoms with van der Waals surface area (Å²) in [6.07, 6.45) is 4.96. The molecule has 1 atom stereocenters. The molecule has 2 heterocycles. The maximum absolute atomic E-state index is 12.6. The topological polar surface area (TPSA) is 89.0 Å². The second-order valence-corrected chi connectivity index (χ2v) is 12.3. The second-order valence-electron chi connectivity index (χ2n) is 10.2. The van der Waals surface area contributed by atoms with Crippen LogP contribution in [0.5, 0.6) is 0 Å². The van der Waals surface area contributed by atoms with Crippen molar-refractivity contribution in [1.82, 2.24) is 14.8 Å². The average Bonchev–Trinajstić information content (AvgIpc) is 2.77. The van der Waals surface area contributed by atoms with Crippen molar-refractivity contribution in [3.05, 3.63) is 69.5 Å². The standard InChI is InChI=1S/C26H32ClN3O5S/c1-26(2,3)35-25(31)30-12-10-29(11-13-30)24-22-8-7-21(27)16-20(22)15-18(17-34-36(4,32)33)14-19-6-5-9-28-23(19)24/h5-9,14,16,24H,10-13,15,17H2,1-4H3. The highest BCUT2D eigenvalue weighted by atomic mass is 35.5. The van der Waals surface area contributed by atoms with Crippen LogP contribution in [0.1, 0.15) is 49.2 Å². The number of fused-ring (bicyclic) bond motifs is 2. The van der Waals surface area contributed by atoms with Crippen LogP contribution >= 0.6 is 11.6 Å². The molecule has 1 aliphatic heterocycles. The fraction of sp³-hybridized carbons (Fsp3) is 0.462. The number of halogens is 1. The van der Waals surface area contributed by atoms with E-state index in [0.29, 0.717) is 37.6 Å². The van der Waals surface area contributed by atoms with Gasteiger partial charge in [-0.2, -0.15) is 8.42 Å². The number of ether oxygens (including phenoxy) is 1. The minimum absolute atomic E-state index is 0.0433. The van der Waals surface area contributed by atoms with E-state index in [9.17, 15) is 13.2 Å². The summed E-state index contributed by atoms with van der Waals surface area (Å²) in [6.45, 7) is 7.93. The number of amides is 1. The highest BCUT2D eigenvalue weighted by molar-refractivity contribution is 7.86. The molecule has 2 aromatic rings. The lowest BCUT2D eigenvalue weighted by molar-refractivity contribution is 0.0117. The monoisotopic (exact) mass is 533 g/mol. The normalized spacial score (nSPS) is 19.0. The Hall–Kier alpha value is -2.46. The Morgan fingerprint density at radius 1 is 1.17 bits per heavy atom. The molecule has 1 aromatic heterocycles. The molecule has 1 aliphatic carbocycles. The van der Waals surface area contributed by atoms with Gasteiger partial charge in [-0.3, -0.25) is 14.1 Å². The molecule has 0 N–H and O–H groups in total. The Bertz CT molecular complexity index is 1260. The zero-order valence-corrected chi connectivity index (χ0v) is 22.6. The summed E-state index contributed by atoms with van der Waals surface area (Å²) in [7, 11) is -3.59. The Morgan fingerprint density at radius 3 is 2.56 bits per heavy atom. The first kappa shape index (κ1) is 26.6. The zero-order valence-electron chi connectivity index (χ0n) is 21.0. The molecule has 1 unspecified atom stereocenters. The number of carbonyl (C=O) groups excluding carboxylic acids is 1. The Balaban J connectivity index is 1.68. The third-order valence-corrected chi connectivity index (χ3v) is 6.88. The van der Waals surface area contributed by atoms with Crippen molar-refractivity contribution >= 4 is 33.9 Å². The molecule has 2 aliphatic rings. The van der Waals surface area contributed by atoms with E-state index in [-0.39, 0.29) is 18.7 Å². The lowest BCUT2D eigenvalue weighted by Gasteiger charge is -2.40. The van der Waals surface area contributed by atoms with Crippen LogP contribution in [0.3, 0.4) is 0 Å². The van der Waals surface area contributed by atoms with E-state index in [1.165, 1.54) is 0 Å². The number of benzene rings is 1. The van der Waals surface area contributed by atoms with Crippen LogP contribution < -0.4 is 0 Å². The minimum Gasteiger partial charge on any atom is -0.444 e. The Kier molecular flexibility index (Phi) is 7.75. The number of piperazine rings is 1. The van der Waals surface area contributed by atoms with Crippen molar-refractivity contribution in [3.63, 3.8) is 0 Å². The molecule has 1 fully saturated rings. The second kappa shape index (κ2) is 10.5. The molecule has 1 amide bonds. The molecule has 10 heteroatoms. The van der Waals surface area contributed by atoms with Crippen LogP contribution in [0.2, 0.25) is 5.02 Å². The van der Waals surface area contributed by atoms with Crippen LogP contribution in [0, 0.1) is 0 Å². The SMILES string of the molecule is CC(C)(C)OC(=O)N1CCN(C2c3ccc(Cl)cc3CC(COS(C)(=O)=O)=Cc3cccnc32)CC1. The van der Waals surface area contributed by atoms with Crippen molar-refractivity contribution in [1.29, 1.82) is 0 Å². The lowest BCUT2D eigenvalue weighted by atomic mass is 9.87. The molecule has 0 saturated carbocycles. The summed E-state index contributed by atoms with van der Waals surface area (Å²) in [6, 6.07) is 9.50. The third kappa shape index (κ3) is 6.64. The number of rotatable bonds is 4. The molecule has 0 radical (unpaired) electrons. The van der Waals surface area contributed by atoms with E-state index in [4.69, 9.17) is 25.5 Å². The molecule has 8 nitrogen and oxygen atoms in total. The summed E-state index contributed by atoms with van der Waals surface area (Å²) in [4.78, 5) is 21.4. The van der Waals surface area contributed by atoms with Crippen LogP contribution in [-0.4, -0.2) is 73.9 Å². The van der Waals surface area contributed by atoms with E-state index in [2.05, 4.69) is 4.90 Å². The van der Waals surface area contributed by atoms with Gasteiger partial charge in [-0.1, -0.05) is 29.8 Å². The molecule has 4 rings (SSSR count). The first-order chi connectivity index (χ1) is 16.9. The molecule has 1 aromatic carbocycles. The summed E-state index contributed by atoms with van der Waals surface area (Å²) in [5.41, 5.74) is 4.08. The highest BCUT2D eigenvalue weighted by Gasteiger charge is 2.33. The summed E-state index contributed by atoms with van der Waals surface area (Å²) >= 11 is 6.37. The molecule has 0 bridgehead atoms. The molecule has 0 spiro atoms. The number of hydrogen-bond acceptors (Lipinski definition) is 7. The number of aromatic nitrogens is 1. The van der Waals surface area contributed by atoms with Crippen molar-refractivity contribution in [2.45, 2.75) is 38.8 Å². The van der Waals surface area contributed by atoms with Crippen molar-refractivity contribution < 1.29 is 22.1 Å². The van der Waals surface area contributed by atoms with Gasteiger partial charge in [-0.25, -0.2) is 4.79 Å². The fourth-order valence-corrected chi connectivity index (χ4v) is 5.13. The van der Waals surface area contributed by atoms with Crippen LogP contribution in [0.4, 0.5) is 4.79 Å². The minimum atomic E-state index is -3.59. The van der Waals surface area contributed by atoms with Gasteiger partial charge < -0.3 is 9.64 Å². The largest absolute Gasteiger partial charge is 0.444 e. The number of carbonyl (C=O) groups is 1. The first-order valence-electron chi connectivity index (χ1n) is 11.9. The highest BCUT2D eigenvalue weighted by Crippen LogP contribution is 2.37. The van der Waals surface area contributed by atoms with Crippen molar-refractivity contribution in [3.8, 4) is 0 Å². The zero-order chi connectivity index (χ0) is 26.1. The van der Waals surface area contributed by atoms with Gasteiger partial charge in [0.1, 0.15) is 5.60 Å². The Morgan fingerprint density at radius 2 is 1.89 bits per heavy atom. The first-order valence-corrected chi connectivity index (χ1v) is 14.1. The summed E-state index contributed by atoms with van der Waals surface area (Å²) in [5, 5.41) is 0.604. The molecule has 36 heavy (non-hydrogen) atoms. The molecular weight excluding hydrogens is 502 g/mol. The van der Waals surface area contributed by atoms with Gasteiger partial charge in [0, 0.05) is 37.4 Å². The van der Waals surface area contributed by atoms with Crippen molar-refractivity contribution in [2.24, 2.45) is 0 Å². The van der Waals surface area contributed by atoms with Crippen LogP contribution in [0.15, 0.2) is 42.1 Å². The van der Waals surface area contributed by atoms with Gasteiger partial charge in [0.25, 0.3) is 10.1 Å². The lowest BCUT2D eigenvalue weighted by Crippen LogP contribution is -2.51. The third-order valence-electron chi connectivity index (χ3n) is 6.10. The van der Waals surface area contributed by atoms with E-state index in [1.54, 1.807) is 11.1 Å². The van der Waals surface area contributed by atoms with Gasteiger partial charge in [0.2, 0.25) is 0 Å². The van der Waals surface area contributed by atoms with Crippen molar-refractivity contribution in [2.75, 3.05) is 39.0 Å². The fourth-order valence-electron chi connectivity index (χ4n) is 4.57. The molecule has 1 saturated heterocycles. The number of hydrogen-bond donors (Lipinski definition) is 0. The number of nitrogens with zero attached hydrogens (tertiary/aromatic N) is 3. The Labute approximate surface area is 218 Å². The average molecular weight is 534 g/mol. The van der Waals surface area contributed by atoms with E-state index < -0.39 is 15.7 Å². The van der Waals surface area contributed by atoms with E-state index in [1.807, 2.05) is 57.2 Å².